The highest BCUT2D eigenvalue weighted by molar-refractivity contribution is 5.81. The average molecular weight is 417 g/mol. The van der Waals surface area contributed by atoms with Crippen LogP contribution in [0.15, 0.2) is 66.7 Å². The fourth-order valence-electron chi connectivity index (χ4n) is 3.67. The number of carbonyl (C=O) groups is 1. The smallest absolute Gasteiger partial charge is 0.183 e. The highest BCUT2D eigenvalue weighted by Gasteiger charge is 2.14. The Balaban J connectivity index is 1.50. The number of ether oxygens (including phenoxy) is 1. The van der Waals surface area contributed by atoms with E-state index in [0.717, 1.165) is 11.1 Å². The topological polar surface area (TPSA) is 50.4 Å². The molecule has 0 radical (unpaired) electrons. The summed E-state index contributed by atoms with van der Waals surface area (Å²) in [7, 11) is 1.97. The molecule has 0 fully saturated rings. The molecule has 1 unspecified atom stereocenters. The van der Waals surface area contributed by atoms with Gasteiger partial charge in [-0.1, -0.05) is 65.7 Å². The summed E-state index contributed by atoms with van der Waals surface area (Å²) in [5.74, 6) is 0.727. The third-order valence-electron chi connectivity index (χ3n) is 5.41. The SMILES string of the molecule is CNC(c1ccc(OCC(=O)CNCc2ccc(C)cc2)cc1)c1ccc(C)cc1C. The Morgan fingerprint density at radius 2 is 1.58 bits per heavy atom. The van der Waals surface area contributed by atoms with Gasteiger partial charge in [0, 0.05) is 6.54 Å². The fourth-order valence-corrected chi connectivity index (χ4v) is 3.67. The van der Waals surface area contributed by atoms with E-state index in [2.05, 4.69) is 86.0 Å². The van der Waals surface area contributed by atoms with E-state index in [9.17, 15) is 4.79 Å². The van der Waals surface area contributed by atoms with Crippen LogP contribution in [-0.4, -0.2) is 26.0 Å². The largest absolute Gasteiger partial charge is 0.486 e. The Morgan fingerprint density at radius 1 is 0.903 bits per heavy atom. The maximum absolute atomic E-state index is 12.1. The van der Waals surface area contributed by atoms with Crippen molar-refractivity contribution in [3.63, 3.8) is 0 Å². The minimum Gasteiger partial charge on any atom is -0.486 e. The Kier molecular flexibility index (Phi) is 7.99. The molecule has 0 amide bonds. The summed E-state index contributed by atoms with van der Waals surface area (Å²) in [6.07, 6.45) is 0. The van der Waals surface area contributed by atoms with E-state index in [0.29, 0.717) is 18.8 Å². The molecule has 0 saturated carbocycles. The molecule has 31 heavy (non-hydrogen) atoms. The molecule has 162 valence electrons. The zero-order chi connectivity index (χ0) is 22.2. The molecule has 2 N–H and O–H groups in total. The van der Waals surface area contributed by atoms with Gasteiger partial charge in [-0.15, -0.1) is 0 Å². The van der Waals surface area contributed by atoms with Gasteiger partial charge in [-0.2, -0.15) is 0 Å². The van der Waals surface area contributed by atoms with Crippen molar-refractivity contribution in [3.05, 3.63) is 100 Å². The van der Waals surface area contributed by atoms with Crippen molar-refractivity contribution >= 4 is 5.78 Å². The molecule has 3 aromatic carbocycles. The van der Waals surface area contributed by atoms with Gasteiger partial charge in [0.2, 0.25) is 0 Å². The van der Waals surface area contributed by atoms with Gasteiger partial charge >= 0.3 is 0 Å². The number of benzene rings is 3. The summed E-state index contributed by atoms with van der Waals surface area (Å²) in [4.78, 5) is 12.1. The van der Waals surface area contributed by atoms with Crippen molar-refractivity contribution in [3.8, 4) is 5.75 Å². The van der Waals surface area contributed by atoms with Crippen LogP contribution in [0.2, 0.25) is 0 Å². The van der Waals surface area contributed by atoms with Gasteiger partial charge in [-0.3, -0.25) is 4.79 Å². The lowest BCUT2D eigenvalue weighted by Gasteiger charge is -2.20. The molecule has 0 aliphatic heterocycles. The quantitative estimate of drug-likeness (QED) is 0.505. The van der Waals surface area contributed by atoms with Gasteiger partial charge in [0.05, 0.1) is 12.6 Å². The predicted octanol–water partition coefficient (Wildman–Crippen LogP) is 4.66. The van der Waals surface area contributed by atoms with Crippen molar-refractivity contribution in [2.45, 2.75) is 33.4 Å². The molecule has 0 bridgehead atoms. The van der Waals surface area contributed by atoms with Crippen molar-refractivity contribution in [2.24, 2.45) is 0 Å². The minimum atomic E-state index is 0.0274. The van der Waals surface area contributed by atoms with Gasteiger partial charge in [-0.05, 0) is 62.2 Å². The lowest BCUT2D eigenvalue weighted by atomic mass is 9.94. The first-order valence-electron chi connectivity index (χ1n) is 10.7. The molecular weight excluding hydrogens is 384 g/mol. The first-order valence-corrected chi connectivity index (χ1v) is 10.7. The zero-order valence-electron chi connectivity index (χ0n) is 18.9. The zero-order valence-corrected chi connectivity index (χ0v) is 18.9. The predicted molar refractivity (Wildman–Crippen MR) is 127 cm³/mol. The van der Waals surface area contributed by atoms with Crippen molar-refractivity contribution in [1.29, 1.82) is 0 Å². The van der Waals surface area contributed by atoms with E-state index in [-0.39, 0.29) is 18.4 Å². The standard InChI is InChI=1S/C27H32N2O2/c1-19-5-8-22(9-6-19)16-29-17-24(30)18-31-25-12-10-23(11-13-25)27(28-4)26-14-7-20(2)15-21(26)3/h5-15,27-29H,16-18H2,1-4H3. The minimum absolute atomic E-state index is 0.0274. The van der Waals surface area contributed by atoms with Crippen molar-refractivity contribution < 1.29 is 9.53 Å². The van der Waals surface area contributed by atoms with Crippen LogP contribution < -0.4 is 15.4 Å². The number of carbonyl (C=O) groups excluding carboxylic acids is 1. The maximum Gasteiger partial charge on any atom is 0.183 e. The van der Waals surface area contributed by atoms with E-state index in [1.165, 1.54) is 22.3 Å². The van der Waals surface area contributed by atoms with Crippen LogP contribution in [-0.2, 0) is 11.3 Å². The molecule has 0 spiro atoms. The number of hydrogen-bond acceptors (Lipinski definition) is 4. The number of Topliss-reactive ketones (excluding diaryl/α,β-unsaturated/α-hetero) is 1. The summed E-state index contributed by atoms with van der Waals surface area (Å²) < 4.78 is 5.69. The summed E-state index contributed by atoms with van der Waals surface area (Å²) in [6, 6.07) is 22.9. The summed E-state index contributed by atoms with van der Waals surface area (Å²) in [6.45, 7) is 7.34. The van der Waals surface area contributed by atoms with Crippen LogP contribution >= 0.6 is 0 Å². The van der Waals surface area contributed by atoms with Gasteiger partial charge in [-0.25, -0.2) is 0 Å². The van der Waals surface area contributed by atoms with E-state index < -0.39 is 0 Å². The monoisotopic (exact) mass is 416 g/mol. The molecular formula is C27H32N2O2. The number of rotatable bonds is 10. The normalized spacial score (nSPS) is 11.9. The summed E-state index contributed by atoms with van der Waals surface area (Å²) in [5.41, 5.74) is 7.35. The summed E-state index contributed by atoms with van der Waals surface area (Å²) in [5, 5.41) is 6.58. The van der Waals surface area contributed by atoms with Gasteiger partial charge in [0.25, 0.3) is 0 Å². The van der Waals surface area contributed by atoms with Crippen LogP contribution in [0.1, 0.15) is 39.4 Å². The van der Waals surface area contributed by atoms with E-state index >= 15 is 0 Å². The number of aryl methyl sites for hydroxylation is 3. The van der Waals surface area contributed by atoms with Crippen LogP contribution in [0.25, 0.3) is 0 Å². The van der Waals surface area contributed by atoms with Crippen LogP contribution in [0, 0.1) is 20.8 Å². The van der Waals surface area contributed by atoms with E-state index in [4.69, 9.17) is 4.74 Å². The molecule has 0 aliphatic rings. The second kappa shape index (κ2) is 10.9. The molecule has 4 heteroatoms. The maximum atomic E-state index is 12.1. The van der Waals surface area contributed by atoms with Gasteiger partial charge in [0.1, 0.15) is 12.4 Å². The van der Waals surface area contributed by atoms with E-state index in [1.54, 1.807) is 0 Å². The Hall–Kier alpha value is -2.95. The molecule has 0 heterocycles. The third kappa shape index (κ3) is 6.51. The highest BCUT2D eigenvalue weighted by Crippen LogP contribution is 2.26. The third-order valence-corrected chi connectivity index (χ3v) is 5.41. The van der Waals surface area contributed by atoms with Crippen molar-refractivity contribution in [1.82, 2.24) is 10.6 Å². The first kappa shape index (κ1) is 22.7. The molecule has 1 atom stereocenters. The lowest BCUT2D eigenvalue weighted by molar-refractivity contribution is -0.120. The van der Waals surface area contributed by atoms with E-state index in [1.807, 2.05) is 19.2 Å². The molecule has 0 aromatic heterocycles. The molecule has 3 rings (SSSR count). The Labute approximate surface area is 185 Å². The van der Waals surface area contributed by atoms with Crippen LogP contribution in [0.4, 0.5) is 0 Å². The molecule has 0 saturated heterocycles. The average Bonchev–Trinajstić information content (AvgIpc) is 2.76. The van der Waals surface area contributed by atoms with Crippen LogP contribution in [0.3, 0.4) is 0 Å². The Bertz CT molecular complexity index is 995. The molecule has 4 nitrogen and oxygen atoms in total. The highest BCUT2D eigenvalue weighted by atomic mass is 16.5. The second-order valence-corrected chi connectivity index (χ2v) is 8.07. The van der Waals surface area contributed by atoms with Crippen molar-refractivity contribution in [2.75, 3.05) is 20.2 Å². The Morgan fingerprint density at radius 3 is 2.23 bits per heavy atom. The number of ketones is 1. The molecule has 3 aromatic rings. The second-order valence-electron chi connectivity index (χ2n) is 8.07. The summed E-state index contributed by atoms with van der Waals surface area (Å²) >= 11 is 0. The fraction of sp³-hybridized carbons (Fsp3) is 0.296. The number of hydrogen-bond donors (Lipinski definition) is 2. The number of nitrogens with one attached hydrogen (secondary N) is 2. The lowest BCUT2D eigenvalue weighted by Crippen LogP contribution is -2.26. The van der Waals surface area contributed by atoms with Crippen LogP contribution in [0.5, 0.6) is 5.75 Å². The molecule has 0 aliphatic carbocycles. The first-order chi connectivity index (χ1) is 15.0. The van der Waals surface area contributed by atoms with Gasteiger partial charge < -0.3 is 15.4 Å². The van der Waals surface area contributed by atoms with Gasteiger partial charge in [0.15, 0.2) is 5.78 Å².